The van der Waals surface area contributed by atoms with Crippen LogP contribution in [0.5, 0.6) is 0 Å². The van der Waals surface area contributed by atoms with Gasteiger partial charge < -0.3 is 9.80 Å². The third-order valence-corrected chi connectivity index (χ3v) is 6.97. The molecule has 160 valence electrons. The normalized spacial score (nSPS) is 18.1. The van der Waals surface area contributed by atoms with E-state index in [1.54, 1.807) is 0 Å². The van der Waals surface area contributed by atoms with E-state index in [1.165, 1.54) is 70.7 Å². The highest BCUT2D eigenvalue weighted by atomic mass is 15.1. The van der Waals surface area contributed by atoms with Gasteiger partial charge in [0.1, 0.15) is 0 Å². The maximum Gasteiger partial charge on any atom is 0.0725 e. The standard InChI is InChI=1S/C27H37N3/c1-7-9-14-28-26-21-13-12-20(29(5)6)17-23(21)27(3,4)24-18-25-19(16-22(24)26)11-10-15-30(25)8-2/h12-13,16-18H,7-11,14-15H2,1-6H3. The highest BCUT2D eigenvalue weighted by Gasteiger charge is 2.37. The van der Waals surface area contributed by atoms with E-state index in [0.717, 1.165) is 19.5 Å². The summed E-state index contributed by atoms with van der Waals surface area (Å²) in [5, 5.41) is 0. The van der Waals surface area contributed by atoms with Crippen molar-refractivity contribution in [1.29, 1.82) is 0 Å². The van der Waals surface area contributed by atoms with Crippen LogP contribution in [0.2, 0.25) is 0 Å². The lowest BCUT2D eigenvalue weighted by molar-refractivity contribution is 0.627. The summed E-state index contributed by atoms with van der Waals surface area (Å²) in [4.78, 5) is 9.92. The van der Waals surface area contributed by atoms with Crippen LogP contribution in [0.1, 0.15) is 74.8 Å². The second-order valence-corrected chi connectivity index (χ2v) is 9.54. The van der Waals surface area contributed by atoms with Crippen molar-refractivity contribution in [1.82, 2.24) is 0 Å². The van der Waals surface area contributed by atoms with Gasteiger partial charge in [-0.05, 0) is 67.1 Å². The predicted octanol–water partition coefficient (Wildman–Crippen LogP) is 5.80. The minimum absolute atomic E-state index is 0.0493. The molecule has 0 saturated carbocycles. The largest absolute Gasteiger partial charge is 0.378 e. The Morgan fingerprint density at radius 2 is 1.80 bits per heavy atom. The van der Waals surface area contributed by atoms with Crippen LogP contribution in [0.4, 0.5) is 11.4 Å². The van der Waals surface area contributed by atoms with E-state index in [1.807, 2.05) is 0 Å². The summed E-state index contributed by atoms with van der Waals surface area (Å²) in [5.74, 6) is 0. The molecule has 0 amide bonds. The highest BCUT2D eigenvalue weighted by Crippen LogP contribution is 2.45. The summed E-state index contributed by atoms with van der Waals surface area (Å²) < 4.78 is 0. The smallest absolute Gasteiger partial charge is 0.0725 e. The molecule has 1 heterocycles. The zero-order valence-electron chi connectivity index (χ0n) is 19.7. The molecule has 0 radical (unpaired) electrons. The fourth-order valence-electron chi connectivity index (χ4n) is 5.09. The Kier molecular flexibility index (Phi) is 5.65. The van der Waals surface area contributed by atoms with Gasteiger partial charge in [0.15, 0.2) is 0 Å². The average Bonchev–Trinajstić information content (AvgIpc) is 2.74. The number of fused-ring (bicyclic) bond motifs is 3. The number of nitrogens with zero attached hydrogens (tertiary/aromatic N) is 3. The molecule has 1 aliphatic carbocycles. The number of rotatable bonds is 5. The molecule has 2 aromatic rings. The van der Waals surface area contributed by atoms with Gasteiger partial charge >= 0.3 is 0 Å². The molecule has 0 spiro atoms. The summed E-state index contributed by atoms with van der Waals surface area (Å²) >= 11 is 0. The number of unbranched alkanes of at least 4 members (excludes halogenated alkanes) is 1. The summed E-state index contributed by atoms with van der Waals surface area (Å²) in [6.45, 7) is 12.4. The molecule has 0 atom stereocenters. The molecule has 4 rings (SSSR count). The maximum atomic E-state index is 5.17. The van der Waals surface area contributed by atoms with Gasteiger partial charge in [0.25, 0.3) is 0 Å². The quantitative estimate of drug-likeness (QED) is 0.587. The maximum absolute atomic E-state index is 5.17. The number of aryl methyl sites for hydroxylation is 1. The van der Waals surface area contributed by atoms with Crippen LogP contribution in [-0.2, 0) is 11.8 Å². The van der Waals surface area contributed by atoms with Gasteiger partial charge in [-0.15, -0.1) is 0 Å². The van der Waals surface area contributed by atoms with E-state index in [2.05, 4.69) is 81.9 Å². The molecule has 3 heteroatoms. The van der Waals surface area contributed by atoms with Gasteiger partial charge in [-0.3, -0.25) is 4.99 Å². The zero-order valence-corrected chi connectivity index (χ0v) is 19.7. The number of hydrogen-bond acceptors (Lipinski definition) is 3. The average molecular weight is 404 g/mol. The first-order valence-electron chi connectivity index (χ1n) is 11.7. The van der Waals surface area contributed by atoms with Crippen molar-refractivity contribution < 1.29 is 0 Å². The lowest BCUT2D eigenvalue weighted by Crippen LogP contribution is -2.34. The van der Waals surface area contributed by atoms with Crippen LogP contribution in [0, 0.1) is 0 Å². The molecule has 0 unspecified atom stereocenters. The Bertz CT molecular complexity index is 968. The van der Waals surface area contributed by atoms with E-state index in [-0.39, 0.29) is 5.41 Å². The van der Waals surface area contributed by atoms with Crippen LogP contribution in [-0.4, -0.2) is 39.4 Å². The number of benzene rings is 2. The summed E-state index contributed by atoms with van der Waals surface area (Å²) in [7, 11) is 4.24. The Morgan fingerprint density at radius 1 is 1.03 bits per heavy atom. The van der Waals surface area contributed by atoms with E-state index in [9.17, 15) is 0 Å². The Morgan fingerprint density at radius 3 is 2.50 bits per heavy atom. The van der Waals surface area contributed by atoms with Gasteiger partial charge in [0, 0.05) is 61.6 Å². The molecular formula is C27H37N3. The van der Waals surface area contributed by atoms with Crippen LogP contribution in [0.15, 0.2) is 35.3 Å². The number of hydrogen-bond donors (Lipinski definition) is 0. The van der Waals surface area contributed by atoms with Gasteiger partial charge in [-0.2, -0.15) is 0 Å². The Hall–Kier alpha value is -2.29. The Balaban J connectivity index is 1.95. The fourth-order valence-corrected chi connectivity index (χ4v) is 5.09. The lowest BCUT2D eigenvalue weighted by atomic mass is 9.67. The van der Waals surface area contributed by atoms with Crippen molar-refractivity contribution >= 4 is 17.1 Å². The molecule has 30 heavy (non-hydrogen) atoms. The van der Waals surface area contributed by atoms with E-state index >= 15 is 0 Å². The lowest BCUT2D eigenvalue weighted by Gasteiger charge is -2.39. The summed E-state index contributed by atoms with van der Waals surface area (Å²) in [5.41, 5.74) is 10.9. The van der Waals surface area contributed by atoms with Crippen molar-refractivity contribution in [3.8, 4) is 0 Å². The van der Waals surface area contributed by atoms with Crippen molar-refractivity contribution in [2.45, 2.75) is 58.8 Å². The second-order valence-electron chi connectivity index (χ2n) is 9.54. The van der Waals surface area contributed by atoms with Crippen LogP contribution >= 0.6 is 0 Å². The topological polar surface area (TPSA) is 18.8 Å². The molecule has 0 bridgehead atoms. The monoisotopic (exact) mass is 403 g/mol. The van der Waals surface area contributed by atoms with E-state index < -0.39 is 0 Å². The van der Waals surface area contributed by atoms with E-state index in [4.69, 9.17) is 4.99 Å². The van der Waals surface area contributed by atoms with Gasteiger partial charge in [-0.25, -0.2) is 0 Å². The number of aliphatic imine (C=N–C) groups is 1. The van der Waals surface area contributed by atoms with Gasteiger partial charge in [-0.1, -0.05) is 33.3 Å². The highest BCUT2D eigenvalue weighted by molar-refractivity contribution is 6.17. The number of anilines is 2. The van der Waals surface area contributed by atoms with Crippen LogP contribution < -0.4 is 9.80 Å². The molecule has 0 aromatic heterocycles. The SMILES string of the molecule is CCCCN=C1c2ccc(N(C)C)cc2C(C)(C)c2cc3c(cc21)CCCN3CC. The Labute approximate surface area is 182 Å². The molecular weight excluding hydrogens is 366 g/mol. The molecule has 1 aliphatic heterocycles. The first-order chi connectivity index (χ1) is 14.4. The second kappa shape index (κ2) is 8.09. The predicted molar refractivity (Wildman–Crippen MR) is 131 cm³/mol. The van der Waals surface area contributed by atoms with E-state index in [0.29, 0.717) is 0 Å². The first-order valence-corrected chi connectivity index (χ1v) is 11.7. The van der Waals surface area contributed by atoms with Gasteiger partial charge in [0.05, 0.1) is 5.71 Å². The minimum Gasteiger partial charge on any atom is -0.378 e. The van der Waals surface area contributed by atoms with Crippen LogP contribution in [0.3, 0.4) is 0 Å². The van der Waals surface area contributed by atoms with Gasteiger partial charge in [0.2, 0.25) is 0 Å². The first kappa shape index (κ1) is 21.0. The zero-order chi connectivity index (χ0) is 21.5. The summed E-state index contributed by atoms with van der Waals surface area (Å²) in [6, 6.07) is 11.9. The molecule has 3 nitrogen and oxygen atoms in total. The molecule has 0 saturated heterocycles. The van der Waals surface area contributed by atoms with Crippen molar-refractivity contribution in [2.75, 3.05) is 43.5 Å². The van der Waals surface area contributed by atoms with Crippen molar-refractivity contribution in [2.24, 2.45) is 4.99 Å². The molecule has 0 fully saturated rings. The van der Waals surface area contributed by atoms with Crippen LogP contribution in [0.25, 0.3) is 0 Å². The third kappa shape index (κ3) is 3.42. The summed E-state index contributed by atoms with van der Waals surface area (Å²) in [6.07, 6.45) is 4.74. The van der Waals surface area contributed by atoms with Crippen molar-refractivity contribution in [3.63, 3.8) is 0 Å². The van der Waals surface area contributed by atoms with Crippen molar-refractivity contribution in [3.05, 3.63) is 58.1 Å². The minimum atomic E-state index is -0.0493. The molecule has 2 aromatic carbocycles. The third-order valence-electron chi connectivity index (χ3n) is 6.97. The fraction of sp³-hybridized carbons (Fsp3) is 0.519. The molecule has 2 aliphatic rings. The molecule has 0 N–H and O–H groups in total.